The molecule has 1 aliphatic rings. The van der Waals surface area contributed by atoms with Crippen LogP contribution in [-0.4, -0.2) is 30.3 Å². The Morgan fingerprint density at radius 2 is 1.94 bits per heavy atom. The Balaban J connectivity index is 1.92. The highest BCUT2D eigenvalue weighted by Crippen LogP contribution is 2.11. The lowest BCUT2D eigenvalue weighted by molar-refractivity contribution is 0.0974. The number of carbonyl (C=O) groups is 1. The van der Waals surface area contributed by atoms with Crippen molar-refractivity contribution < 1.29 is 4.79 Å². The molecule has 1 fully saturated rings. The molecule has 0 saturated carbocycles. The molecule has 1 aromatic carbocycles. The maximum Gasteiger partial charge on any atom is 0.176 e. The van der Waals surface area contributed by atoms with Gasteiger partial charge in [-0.05, 0) is 18.4 Å². The minimum Gasteiger partial charge on any atom is -0.293 e. The van der Waals surface area contributed by atoms with Crippen LogP contribution in [0.15, 0.2) is 24.3 Å². The first-order valence-electron chi connectivity index (χ1n) is 6.14. The summed E-state index contributed by atoms with van der Waals surface area (Å²) >= 11 is 0. The van der Waals surface area contributed by atoms with Crippen LogP contribution in [0, 0.1) is 0 Å². The van der Waals surface area contributed by atoms with Gasteiger partial charge < -0.3 is 0 Å². The molecule has 1 saturated heterocycles. The number of aryl methyl sites for hydroxylation is 1. The summed E-state index contributed by atoms with van der Waals surface area (Å²) < 4.78 is 0. The average molecular weight is 217 g/mol. The smallest absolute Gasteiger partial charge is 0.176 e. The number of hydrogen-bond donors (Lipinski definition) is 0. The van der Waals surface area contributed by atoms with Crippen molar-refractivity contribution in [3.05, 3.63) is 35.4 Å². The summed E-state index contributed by atoms with van der Waals surface area (Å²) in [5.41, 5.74) is 2.19. The summed E-state index contributed by atoms with van der Waals surface area (Å²) in [4.78, 5) is 13.9. The summed E-state index contributed by atoms with van der Waals surface area (Å²) in [6.07, 6.45) is 3.56. The highest BCUT2D eigenvalue weighted by atomic mass is 16.1. The minimum absolute atomic E-state index is 0.250. The van der Waals surface area contributed by atoms with Gasteiger partial charge in [0.1, 0.15) is 0 Å². The number of unbranched alkanes of at least 4 members (excludes halogenated alkanes) is 1. The molecule has 0 amide bonds. The standard InChI is InChI=1S/C14H19NO/c1-2-3-4-12-5-7-13(8-6-12)14(16)11-15-9-10-15/h5-8H,2-4,9-11H2,1H3. The van der Waals surface area contributed by atoms with Gasteiger partial charge in [-0.1, -0.05) is 37.6 Å². The molecule has 1 aliphatic heterocycles. The number of nitrogens with zero attached hydrogens (tertiary/aromatic N) is 1. The third kappa shape index (κ3) is 3.17. The van der Waals surface area contributed by atoms with Gasteiger partial charge in [0.2, 0.25) is 0 Å². The Hall–Kier alpha value is -1.15. The molecule has 2 rings (SSSR count). The molecule has 0 aliphatic carbocycles. The zero-order chi connectivity index (χ0) is 11.4. The second-order valence-electron chi connectivity index (χ2n) is 4.50. The zero-order valence-electron chi connectivity index (χ0n) is 9.91. The first kappa shape index (κ1) is 11.3. The van der Waals surface area contributed by atoms with E-state index >= 15 is 0 Å². The van der Waals surface area contributed by atoms with E-state index in [-0.39, 0.29) is 5.78 Å². The lowest BCUT2D eigenvalue weighted by Gasteiger charge is -2.03. The van der Waals surface area contributed by atoms with Gasteiger partial charge in [0.25, 0.3) is 0 Å². The van der Waals surface area contributed by atoms with Crippen LogP contribution in [0.25, 0.3) is 0 Å². The van der Waals surface area contributed by atoms with Crippen molar-refractivity contribution in [2.45, 2.75) is 26.2 Å². The molecule has 86 valence electrons. The maximum atomic E-state index is 11.8. The molecule has 2 heteroatoms. The van der Waals surface area contributed by atoms with E-state index in [4.69, 9.17) is 0 Å². The molecule has 1 aromatic rings. The minimum atomic E-state index is 0.250. The Morgan fingerprint density at radius 1 is 1.25 bits per heavy atom. The molecule has 0 bridgehead atoms. The van der Waals surface area contributed by atoms with Crippen LogP contribution < -0.4 is 0 Å². The predicted molar refractivity (Wildman–Crippen MR) is 65.8 cm³/mol. The van der Waals surface area contributed by atoms with Crippen molar-refractivity contribution in [2.75, 3.05) is 19.6 Å². The monoisotopic (exact) mass is 217 g/mol. The van der Waals surface area contributed by atoms with Gasteiger partial charge in [-0.15, -0.1) is 0 Å². The average Bonchev–Trinajstić information content (AvgIpc) is 3.11. The second kappa shape index (κ2) is 5.26. The quantitative estimate of drug-likeness (QED) is 0.539. The van der Waals surface area contributed by atoms with Gasteiger partial charge >= 0.3 is 0 Å². The summed E-state index contributed by atoms with van der Waals surface area (Å²) in [7, 11) is 0. The highest BCUT2D eigenvalue weighted by Gasteiger charge is 2.20. The molecule has 0 N–H and O–H groups in total. The van der Waals surface area contributed by atoms with E-state index in [1.54, 1.807) is 0 Å². The summed E-state index contributed by atoms with van der Waals surface area (Å²) in [5, 5.41) is 0. The van der Waals surface area contributed by atoms with E-state index in [9.17, 15) is 4.79 Å². The molecule has 0 aromatic heterocycles. The van der Waals surface area contributed by atoms with Crippen LogP contribution in [0.1, 0.15) is 35.7 Å². The van der Waals surface area contributed by atoms with Gasteiger partial charge in [0, 0.05) is 18.7 Å². The molecule has 0 atom stereocenters. The van der Waals surface area contributed by atoms with E-state index in [1.807, 2.05) is 12.1 Å². The van der Waals surface area contributed by atoms with Gasteiger partial charge in [-0.3, -0.25) is 9.69 Å². The molecule has 2 nitrogen and oxygen atoms in total. The van der Waals surface area contributed by atoms with E-state index in [0.29, 0.717) is 6.54 Å². The number of rotatable bonds is 6. The molecular formula is C14H19NO. The molecule has 1 heterocycles. The van der Waals surface area contributed by atoms with Crippen molar-refractivity contribution in [2.24, 2.45) is 0 Å². The fourth-order valence-corrected chi connectivity index (χ4v) is 1.76. The Labute approximate surface area is 97.3 Å². The maximum absolute atomic E-state index is 11.8. The van der Waals surface area contributed by atoms with Crippen LogP contribution in [0.3, 0.4) is 0 Å². The lowest BCUT2D eigenvalue weighted by atomic mass is 10.0. The van der Waals surface area contributed by atoms with Crippen LogP contribution in [0.5, 0.6) is 0 Å². The van der Waals surface area contributed by atoms with Crippen LogP contribution in [0.4, 0.5) is 0 Å². The first-order valence-corrected chi connectivity index (χ1v) is 6.14. The summed E-state index contributed by atoms with van der Waals surface area (Å²) in [6.45, 7) is 4.96. The highest BCUT2D eigenvalue weighted by molar-refractivity contribution is 5.97. The van der Waals surface area contributed by atoms with Crippen LogP contribution in [0.2, 0.25) is 0 Å². The van der Waals surface area contributed by atoms with Crippen LogP contribution in [-0.2, 0) is 6.42 Å². The Morgan fingerprint density at radius 3 is 2.50 bits per heavy atom. The van der Waals surface area contributed by atoms with E-state index in [2.05, 4.69) is 24.0 Å². The predicted octanol–water partition coefficient (Wildman–Crippen LogP) is 2.53. The van der Waals surface area contributed by atoms with Crippen molar-refractivity contribution >= 4 is 5.78 Å². The zero-order valence-corrected chi connectivity index (χ0v) is 9.91. The topological polar surface area (TPSA) is 20.1 Å². The van der Waals surface area contributed by atoms with Gasteiger partial charge in [0.05, 0.1) is 6.54 Å². The molecule has 0 spiro atoms. The molecule has 16 heavy (non-hydrogen) atoms. The van der Waals surface area contributed by atoms with Gasteiger partial charge in [-0.2, -0.15) is 0 Å². The van der Waals surface area contributed by atoms with Gasteiger partial charge in [-0.25, -0.2) is 0 Å². The van der Waals surface area contributed by atoms with E-state index in [1.165, 1.54) is 18.4 Å². The largest absolute Gasteiger partial charge is 0.293 e. The van der Waals surface area contributed by atoms with Gasteiger partial charge in [0.15, 0.2) is 5.78 Å². The number of benzene rings is 1. The Kier molecular flexibility index (Phi) is 3.73. The molecule has 0 unspecified atom stereocenters. The number of hydrogen-bond acceptors (Lipinski definition) is 2. The van der Waals surface area contributed by atoms with E-state index in [0.717, 1.165) is 25.1 Å². The van der Waals surface area contributed by atoms with Crippen molar-refractivity contribution in [1.29, 1.82) is 0 Å². The van der Waals surface area contributed by atoms with Crippen molar-refractivity contribution in [3.63, 3.8) is 0 Å². The van der Waals surface area contributed by atoms with E-state index < -0.39 is 0 Å². The Bertz CT molecular complexity index is 352. The molecule has 0 radical (unpaired) electrons. The lowest BCUT2D eigenvalue weighted by Crippen LogP contribution is -2.12. The fraction of sp³-hybridized carbons (Fsp3) is 0.500. The third-order valence-electron chi connectivity index (χ3n) is 3.00. The number of Topliss-reactive ketones (excluding diaryl/α,β-unsaturated/α-hetero) is 1. The summed E-state index contributed by atoms with van der Waals surface area (Å²) in [5.74, 6) is 0.250. The van der Waals surface area contributed by atoms with Crippen molar-refractivity contribution in [3.8, 4) is 0 Å². The van der Waals surface area contributed by atoms with Crippen LogP contribution >= 0.6 is 0 Å². The van der Waals surface area contributed by atoms with Crippen molar-refractivity contribution in [1.82, 2.24) is 4.90 Å². The second-order valence-corrected chi connectivity index (χ2v) is 4.50. The first-order chi connectivity index (χ1) is 7.79. The molecular weight excluding hydrogens is 198 g/mol. The third-order valence-corrected chi connectivity index (χ3v) is 3.00. The summed E-state index contributed by atoms with van der Waals surface area (Å²) in [6, 6.07) is 8.11. The number of carbonyl (C=O) groups excluding carboxylic acids is 1. The normalized spacial score (nSPS) is 15.1. The SMILES string of the molecule is CCCCc1ccc(C(=O)CN2CC2)cc1. The number of ketones is 1. The fourth-order valence-electron chi connectivity index (χ4n) is 1.76.